The van der Waals surface area contributed by atoms with Gasteiger partial charge < -0.3 is 20.1 Å². The van der Waals surface area contributed by atoms with E-state index in [9.17, 15) is 22.8 Å². The average Bonchev–Trinajstić information content (AvgIpc) is 3.06. The fourth-order valence-corrected chi connectivity index (χ4v) is 2.92. The summed E-state index contributed by atoms with van der Waals surface area (Å²) in [7, 11) is 0. The topological polar surface area (TPSA) is 78.9 Å². The van der Waals surface area contributed by atoms with Gasteiger partial charge in [0.25, 0.3) is 0 Å². The van der Waals surface area contributed by atoms with Crippen LogP contribution in [-0.4, -0.2) is 47.9 Å². The Bertz CT molecular complexity index is 666. The molecule has 1 aromatic rings. The summed E-state index contributed by atoms with van der Waals surface area (Å²) in [5.74, 6) is -4.61. The normalized spacial score (nSPS) is 19.8. The van der Waals surface area contributed by atoms with Crippen LogP contribution < -0.4 is 10.1 Å². The van der Waals surface area contributed by atoms with Crippen molar-refractivity contribution in [1.82, 2.24) is 10.2 Å². The van der Waals surface area contributed by atoms with Crippen molar-refractivity contribution in [2.24, 2.45) is 11.8 Å². The van der Waals surface area contributed by atoms with Gasteiger partial charge in [-0.05, 0) is 24.1 Å². The number of rotatable bonds is 7. The van der Waals surface area contributed by atoms with Crippen LogP contribution in [0, 0.1) is 11.8 Å². The van der Waals surface area contributed by atoms with Crippen LogP contribution in [0.1, 0.15) is 25.3 Å². The molecule has 2 amide bonds. The summed E-state index contributed by atoms with van der Waals surface area (Å²) in [6, 6.07) is 6.34. The number of carboxylic acid groups (broad SMARTS) is 1. The maximum absolute atomic E-state index is 13.0. The number of urea groups is 1. The molecule has 0 aliphatic carbocycles. The first kappa shape index (κ1) is 20.9. The molecule has 1 aromatic carbocycles. The van der Waals surface area contributed by atoms with Crippen molar-refractivity contribution in [1.29, 1.82) is 0 Å². The zero-order valence-corrected chi connectivity index (χ0v) is 15.0. The molecule has 0 radical (unpaired) electrons. The number of carbonyl (C=O) groups excluding carboxylic acids is 1. The third kappa shape index (κ3) is 5.77. The smallest absolute Gasteiger partial charge is 0.394 e. The lowest BCUT2D eigenvalue weighted by molar-refractivity contribution is -0.187. The maximum atomic E-state index is 13.0. The van der Waals surface area contributed by atoms with E-state index in [1.165, 1.54) is 0 Å². The zero-order valence-electron chi connectivity index (χ0n) is 15.0. The third-order valence-corrected chi connectivity index (χ3v) is 4.45. The first-order chi connectivity index (χ1) is 12.7. The van der Waals surface area contributed by atoms with Gasteiger partial charge >= 0.3 is 18.2 Å². The van der Waals surface area contributed by atoms with Gasteiger partial charge in [-0.3, -0.25) is 4.79 Å². The number of benzene rings is 1. The van der Waals surface area contributed by atoms with Gasteiger partial charge in [0.2, 0.25) is 0 Å². The largest absolute Gasteiger partial charge is 0.494 e. The zero-order chi connectivity index (χ0) is 20.0. The second-order valence-electron chi connectivity index (χ2n) is 6.51. The predicted molar refractivity (Wildman–Crippen MR) is 91.3 cm³/mol. The summed E-state index contributed by atoms with van der Waals surface area (Å²) in [4.78, 5) is 24.2. The van der Waals surface area contributed by atoms with Crippen molar-refractivity contribution >= 4 is 12.0 Å². The fourth-order valence-electron chi connectivity index (χ4n) is 2.92. The Hall–Kier alpha value is -2.45. The molecule has 0 bridgehead atoms. The minimum Gasteiger partial charge on any atom is -0.494 e. The highest BCUT2D eigenvalue weighted by molar-refractivity contribution is 5.77. The highest BCUT2D eigenvalue weighted by atomic mass is 19.4. The first-order valence-electron chi connectivity index (χ1n) is 8.76. The average molecular weight is 388 g/mol. The summed E-state index contributed by atoms with van der Waals surface area (Å²) in [6.07, 6.45) is -2.74. The monoisotopic (exact) mass is 388 g/mol. The summed E-state index contributed by atoms with van der Waals surface area (Å²) in [5, 5.41) is 11.5. The molecule has 2 rings (SSSR count). The number of hydrogen-bond donors (Lipinski definition) is 2. The molecule has 1 saturated heterocycles. The Morgan fingerprint density at radius 2 is 2.07 bits per heavy atom. The molecule has 1 heterocycles. The molecule has 1 aliphatic rings. The number of nitrogens with zero attached hydrogens (tertiary/aromatic N) is 1. The number of hydrogen-bond acceptors (Lipinski definition) is 3. The Morgan fingerprint density at radius 3 is 2.67 bits per heavy atom. The van der Waals surface area contributed by atoms with Crippen LogP contribution in [0.15, 0.2) is 24.3 Å². The van der Waals surface area contributed by atoms with E-state index in [0.717, 1.165) is 23.3 Å². The van der Waals surface area contributed by atoms with Crippen LogP contribution in [0.4, 0.5) is 18.0 Å². The summed E-state index contributed by atoms with van der Waals surface area (Å²) in [6.45, 7) is 1.61. The van der Waals surface area contributed by atoms with Crippen molar-refractivity contribution in [3.8, 4) is 5.75 Å². The minimum atomic E-state index is -4.66. The van der Waals surface area contributed by atoms with E-state index in [1.807, 2.05) is 6.92 Å². The van der Waals surface area contributed by atoms with Crippen molar-refractivity contribution in [2.75, 3.05) is 19.7 Å². The van der Waals surface area contributed by atoms with Gasteiger partial charge in [0.1, 0.15) is 5.75 Å². The van der Waals surface area contributed by atoms with Gasteiger partial charge in [-0.15, -0.1) is 0 Å². The van der Waals surface area contributed by atoms with Gasteiger partial charge in [0.15, 0.2) is 0 Å². The molecule has 1 fully saturated rings. The number of alkyl halides is 3. The van der Waals surface area contributed by atoms with Crippen LogP contribution in [-0.2, 0) is 11.3 Å². The number of nitrogens with one attached hydrogen (secondary N) is 1. The van der Waals surface area contributed by atoms with E-state index in [4.69, 9.17) is 9.84 Å². The van der Waals surface area contributed by atoms with Gasteiger partial charge in [-0.2, -0.15) is 13.2 Å². The fraction of sp³-hybridized carbons (Fsp3) is 0.556. The maximum Gasteiger partial charge on any atom is 0.394 e. The van der Waals surface area contributed by atoms with Gasteiger partial charge in [0.05, 0.1) is 18.4 Å². The van der Waals surface area contributed by atoms with Gasteiger partial charge in [-0.1, -0.05) is 25.5 Å². The molecule has 150 valence electrons. The second-order valence-corrected chi connectivity index (χ2v) is 6.51. The number of likely N-dealkylation sites (tertiary alicyclic amines) is 1. The van der Waals surface area contributed by atoms with E-state index in [0.29, 0.717) is 12.4 Å². The molecule has 0 saturated carbocycles. The van der Waals surface area contributed by atoms with Crippen molar-refractivity contribution in [3.63, 3.8) is 0 Å². The number of amides is 2. The van der Waals surface area contributed by atoms with Crippen molar-refractivity contribution in [3.05, 3.63) is 29.8 Å². The molecule has 2 N–H and O–H groups in total. The molecule has 27 heavy (non-hydrogen) atoms. The lowest BCUT2D eigenvalue weighted by atomic mass is 9.96. The predicted octanol–water partition coefficient (Wildman–Crippen LogP) is 3.27. The lowest BCUT2D eigenvalue weighted by Gasteiger charge is -2.19. The van der Waals surface area contributed by atoms with Crippen molar-refractivity contribution < 1.29 is 32.6 Å². The standard InChI is InChI=1S/C18H23F3N2O4/c1-2-3-7-27-13-6-4-5-12(8-13)9-22-17(26)23-10-14(16(24)25)15(11-23)18(19,20)21/h4-6,8,14-15H,2-3,7,9-11H2,1H3,(H,22,26)(H,24,25)/t14-,15-/m1/s1. The number of ether oxygens (including phenoxy) is 1. The molecule has 6 nitrogen and oxygen atoms in total. The Labute approximate surface area is 155 Å². The molecule has 0 aromatic heterocycles. The van der Waals surface area contributed by atoms with E-state index in [1.54, 1.807) is 24.3 Å². The lowest BCUT2D eigenvalue weighted by Crippen LogP contribution is -2.39. The molecular formula is C18H23F3N2O4. The summed E-state index contributed by atoms with van der Waals surface area (Å²) in [5.41, 5.74) is 0.735. The summed E-state index contributed by atoms with van der Waals surface area (Å²) < 4.78 is 44.6. The SMILES string of the molecule is CCCCOc1cccc(CNC(=O)N2C[C@@H](C(F)(F)F)[C@H](C(=O)O)C2)c1. The van der Waals surface area contributed by atoms with Crippen LogP contribution in [0.25, 0.3) is 0 Å². The molecule has 0 spiro atoms. The first-order valence-corrected chi connectivity index (χ1v) is 8.76. The number of carboxylic acids is 1. The number of halogens is 3. The third-order valence-electron chi connectivity index (χ3n) is 4.45. The highest BCUT2D eigenvalue weighted by Crippen LogP contribution is 2.37. The van der Waals surface area contributed by atoms with Crippen LogP contribution in [0.2, 0.25) is 0 Å². The Kier molecular flexibility index (Phi) is 6.92. The van der Waals surface area contributed by atoms with Crippen LogP contribution in [0.3, 0.4) is 0 Å². The van der Waals surface area contributed by atoms with Crippen LogP contribution >= 0.6 is 0 Å². The molecule has 9 heteroatoms. The van der Waals surface area contributed by atoms with E-state index < -0.39 is 43.1 Å². The van der Waals surface area contributed by atoms with Crippen LogP contribution in [0.5, 0.6) is 5.75 Å². The quantitative estimate of drug-likeness (QED) is 0.703. The van der Waals surface area contributed by atoms with E-state index >= 15 is 0 Å². The number of carbonyl (C=O) groups is 2. The molecule has 2 atom stereocenters. The van der Waals surface area contributed by atoms with E-state index in [-0.39, 0.29) is 6.54 Å². The van der Waals surface area contributed by atoms with Gasteiger partial charge in [0, 0.05) is 19.6 Å². The van der Waals surface area contributed by atoms with Gasteiger partial charge in [-0.25, -0.2) is 4.79 Å². The Balaban J connectivity index is 1.92. The molecule has 1 aliphatic heterocycles. The Morgan fingerprint density at radius 1 is 1.33 bits per heavy atom. The highest BCUT2D eigenvalue weighted by Gasteiger charge is 2.53. The summed E-state index contributed by atoms with van der Waals surface area (Å²) >= 11 is 0. The molecule has 0 unspecified atom stereocenters. The van der Waals surface area contributed by atoms with Crippen molar-refractivity contribution in [2.45, 2.75) is 32.5 Å². The minimum absolute atomic E-state index is 0.106. The number of aliphatic carboxylic acids is 1. The number of unbranched alkanes of at least 4 members (excludes halogenated alkanes) is 1. The molecular weight excluding hydrogens is 365 g/mol. The second kappa shape index (κ2) is 8.96. The van der Waals surface area contributed by atoms with E-state index in [2.05, 4.69) is 5.32 Å².